The highest BCUT2D eigenvalue weighted by molar-refractivity contribution is 6.30. The van der Waals surface area contributed by atoms with Gasteiger partial charge in [-0.3, -0.25) is 23.6 Å². The van der Waals surface area contributed by atoms with Crippen molar-refractivity contribution in [3.63, 3.8) is 0 Å². The summed E-state index contributed by atoms with van der Waals surface area (Å²) >= 11 is 5.94. The molecule has 1 saturated heterocycles. The Morgan fingerprint density at radius 1 is 1.14 bits per heavy atom. The smallest absolute Gasteiger partial charge is 0.265 e. The Kier molecular flexibility index (Phi) is 6.28. The van der Waals surface area contributed by atoms with Crippen LogP contribution >= 0.6 is 11.6 Å². The van der Waals surface area contributed by atoms with Gasteiger partial charge < -0.3 is 10.2 Å². The Bertz CT molecular complexity index is 1570. The molecule has 11 heteroatoms. The average molecular weight is 520 g/mol. The molecule has 0 unspecified atom stereocenters. The Morgan fingerprint density at radius 2 is 1.86 bits per heavy atom. The molecule has 3 aromatic heterocycles. The van der Waals surface area contributed by atoms with Crippen LogP contribution in [0.25, 0.3) is 22.3 Å². The molecule has 1 aliphatic rings. The lowest BCUT2D eigenvalue weighted by molar-refractivity contribution is -0.142. The Hall–Kier alpha value is -4.05. The molecule has 10 nitrogen and oxygen atoms in total. The van der Waals surface area contributed by atoms with E-state index in [0.29, 0.717) is 40.4 Å². The monoisotopic (exact) mass is 519 g/mol. The zero-order valence-corrected chi connectivity index (χ0v) is 21.5. The SMILES string of the molecule is Cn1cc(-c2cnc3c(c2)cc(C(=O)NCc2ccc(Cl)cc2)c(=O)n3CC(=O)N2CC(C)(C)C2)nn1. The average Bonchev–Trinajstić information content (AvgIpc) is 3.29. The normalized spacial score (nSPS) is 14.4. The molecule has 2 amide bonds. The number of hydrogen-bond donors (Lipinski definition) is 1. The van der Waals surface area contributed by atoms with Crippen LogP contribution in [0.2, 0.25) is 5.02 Å². The van der Waals surface area contributed by atoms with Crippen LogP contribution < -0.4 is 10.9 Å². The van der Waals surface area contributed by atoms with Gasteiger partial charge >= 0.3 is 0 Å². The number of carbonyl (C=O) groups excluding carboxylic acids is 2. The standard InChI is InChI=1S/C26H26ClN7O3/c1-26(2)14-33(15-26)22(35)13-34-23-17(8-18(11-28-23)21-12-32(3)31-30-21)9-20(25(34)37)24(36)29-10-16-4-6-19(27)7-5-16/h4-9,11-12H,10,13-15H2,1-3H3,(H,29,36). The van der Waals surface area contributed by atoms with E-state index in [1.54, 1.807) is 59.4 Å². The van der Waals surface area contributed by atoms with Gasteiger partial charge in [-0.05, 0) is 35.2 Å². The van der Waals surface area contributed by atoms with E-state index in [9.17, 15) is 14.4 Å². The summed E-state index contributed by atoms with van der Waals surface area (Å²) in [5.41, 5.74) is 1.83. The number of likely N-dealkylation sites (tertiary alicyclic amines) is 1. The van der Waals surface area contributed by atoms with Crippen molar-refractivity contribution < 1.29 is 9.59 Å². The van der Waals surface area contributed by atoms with Crippen molar-refractivity contribution in [2.45, 2.75) is 26.9 Å². The first-order chi connectivity index (χ1) is 17.6. The number of pyridine rings is 2. The second-order valence-electron chi connectivity index (χ2n) is 10.1. The molecule has 0 aliphatic carbocycles. The van der Waals surface area contributed by atoms with Gasteiger partial charge in [-0.15, -0.1) is 5.10 Å². The Morgan fingerprint density at radius 3 is 2.51 bits per heavy atom. The molecule has 4 heterocycles. The second kappa shape index (κ2) is 9.44. The van der Waals surface area contributed by atoms with E-state index in [1.165, 1.54) is 10.6 Å². The number of benzene rings is 1. The van der Waals surface area contributed by atoms with Gasteiger partial charge in [-0.25, -0.2) is 4.98 Å². The highest BCUT2D eigenvalue weighted by Gasteiger charge is 2.37. The molecule has 0 spiro atoms. The maximum absolute atomic E-state index is 13.5. The molecular weight excluding hydrogens is 494 g/mol. The van der Waals surface area contributed by atoms with Crippen LogP contribution in [0.4, 0.5) is 0 Å². The number of nitrogens with one attached hydrogen (secondary N) is 1. The van der Waals surface area contributed by atoms with E-state index in [2.05, 4.69) is 34.5 Å². The minimum absolute atomic E-state index is 0.0515. The maximum Gasteiger partial charge on any atom is 0.265 e. The van der Waals surface area contributed by atoms with Gasteiger partial charge in [-0.2, -0.15) is 0 Å². The topological polar surface area (TPSA) is 115 Å². The Labute approximate surface area is 217 Å². The largest absolute Gasteiger partial charge is 0.348 e. The summed E-state index contributed by atoms with van der Waals surface area (Å²) in [6, 6.07) is 10.4. The van der Waals surface area contributed by atoms with Crippen LogP contribution in [0, 0.1) is 5.41 Å². The fourth-order valence-electron chi connectivity index (χ4n) is 4.47. The van der Waals surface area contributed by atoms with Gasteiger partial charge in [0.1, 0.15) is 23.4 Å². The minimum atomic E-state index is -0.575. The predicted octanol–water partition coefficient (Wildman–Crippen LogP) is 2.64. The summed E-state index contributed by atoms with van der Waals surface area (Å²) < 4.78 is 2.85. The van der Waals surface area contributed by atoms with E-state index in [0.717, 1.165) is 5.56 Å². The van der Waals surface area contributed by atoms with E-state index in [1.807, 2.05) is 0 Å². The molecule has 1 aliphatic heterocycles. The van der Waals surface area contributed by atoms with Crippen LogP contribution in [0.3, 0.4) is 0 Å². The lowest BCUT2D eigenvalue weighted by Gasteiger charge is -2.45. The molecule has 1 fully saturated rings. The van der Waals surface area contributed by atoms with Crippen molar-refractivity contribution in [1.29, 1.82) is 0 Å². The minimum Gasteiger partial charge on any atom is -0.348 e. The molecule has 190 valence electrons. The fourth-order valence-corrected chi connectivity index (χ4v) is 4.60. The van der Waals surface area contributed by atoms with Crippen molar-refractivity contribution in [1.82, 2.24) is 34.8 Å². The van der Waals surface area contributed by atoms with Crippen LogP contribution in [-0.2, 0) is 24.9 Å². The zero-order chi connectivity index (χ0) is 26.3. The summed E-state index contributed by atoms with van der Waals surface area (Å²) in [7, 11) is 1.76. The van der Waals surface area contributed by atoms with Crippen LogP contribution in [0.1, 0.15) is 29.8 Å². The number of fused-ring (bicyclic) bond motifs is 1. The Balaban J connectivity index is 1.51. The molecular formula is C26H26ClN7O3. The van der Waals surface area contributed by atoms with Crippen molar-refractivity contribution in [3.05, 3.63) is 75.3 Å². The van der Waals surface area contributed by atoms with Crippen LogP contribution in [0.5, 0.6) is 0 Å². The third-order valence-electron chi connectivity index (χ3n) is 6.32. The van der Waals surface area contributed by atoms with Crippen LogP contribution in [-0.4, -0.2) is 54.3 Å². The highest BCUT2D eigenvalue weighted by atomic mass is 35.5. The highest BCUT2D eigenvalue weighted by Crippen LogP contribution is 2.29. The quantitative estimate of drug-likeness (QED) is 0.419. The number of hydrogen-bond acceptors (Lipinski definition) is 6. The van der Waals surface area contributed by atoms with Gasteiger partial charge in [0.25, 0.3) is 11.5 Å². The summed E-state index contributed by atoms with van der Waals surface area (Å²) in [5, 5.41) is 12.0. The molecule has 1 N–H and O–H groups in total. The van der Waals surface area contributed by atoms with Gasteiger partial charge in [0.2, 0.25) is 5.91 Å². The molecule has 0 bridgehead atoms. The number of carbonyl (C=O) groups is 2. The first-order valence-electron chi connectivity index (χ1n) is 11.8. The summed E-state index contributed by atoms with van der Waals surface area (Å²) in [4.78, 5) is 45.8. The molecule has 1 aromatic carbocycles. The first-order valence-corrected chi connectivity index (χ1v) is 12.2. The number of amides is 2. The van der Waals surface area contributed by atoms with Crippen LogP contribution in [0.15, 0.2) is 53.6 Å². The fraction of sp³-hybridized carbons (Fsp3) is 0.308. The molecule has 0 radical (unpaired) electrons. The molecule has 37 heavy (non-hydrogen) atoms. The number of aromatic nitrogens is 5. The lowest BCUT2D eigenvalue weighted by atomic mass is 9.84. The second-order valence-corrected chi connectivity index (χ2v) is 10.5. The zero-order valence-electron chi connectivity index (χ0n) is 20.7. The third-order valence-corrected chi connectivity index (χ3v) is 6.57. The van der Waals surface area contributed by atoms with Crippen molar-refractivity contribution in [2.24, 2.45) is 12.5 Å². The summed E-state index contributed by atoms with van der Waals surface area (Å²) in [6.07, 6.45) is 3.33. The van der Waals surface area contributed by atoms with Crippen molar-refractivity contribution in [3.8, 4) is 11.3 Å². The molecule has 5 rings (SSSR count). The third kappa shape index (κ3) is 5.10. The van der Waals surface area contributed by atoms with Gasteiger partial charge in [-0.1, -0.05) is 42.8 Å². The summed E-state index contributed by atoms with van der Waals surface area (Å²) in [5.74, 6) is -0.737. The van der Waals surface area contributed by atoms with E-state index >= 15 is 0 Å². The van der Waals surface area contributed by atoms with Crippen molar-refractivity contribution >= 4 is 34.4 Å². The lowest BCUT2D eigenvalue weighted by Crippen LogP contribution is -2.56. The van der Waals surface area contributed by atoms with Crippen molar-refractivity contribution in [2.75, 3.05) is 13.1 Å². The maximum atomic E-state index is 13.5. The number of halogens is 1. The van der Waals surface area contributed by atoms with E-state index in [-0.39, 0.29) is 30.0 Å². The molecule has 0 saturated carbocycles. The van der Waals surface area contributed by atoms with Gasteiger partial charge in [0.05, 0.1) is 6.20 Å². The van der Waals surface area contributed by atoms with E-state index in [4.69, 9.17) is 11.6 Å². The predicted molar refractivity (Wildman–Crippen MR) is 139 cm³/mol. The van der Waals surface area contributed by atoms with Gasteiger partial charge in [0, 0.05) is 48.9 Å². The molecule has 0 atom stereocenters. The summed E-state index contributed by atoms with van der Waals surface area (Å²) in [6.45, 7) is 5.40. The number of aryl methyl sites for hydroxylation is 1. The number of rotatable bonds is 6. The molecule has 4 aromatic rings. The van der Waals surface area contributed by atoms with Gasteiger partial charge in [0.15, 0.2) is 0 Å². The first kappa shape index (κ1) is 24.6. The number of nitrogens with zero attached hydrogens (tertiary/aromatic N) is 6. The van der Waals surface area contributed by atoms with E-state index < -0.39 is 11.5 Å².